The van der Waals surface area contributed by atoms with Crippen molar-refractivity contribution in [2.45, 2.75) is 44.7 Å². The van der Waals surface area contributed by atoms with E-state index in [4.69, 9.17) is 8.92 Å². The van der Waals surface area contributed by atoms with Gasteiger partial charge in [0.2, 0.25) is 0 Å². The zero-order valence-electron chi connectivity index (χ0n) is 12.1. The molecule has 0 atom stereocenters. The van der Waals surface area contributed by atoms with Gasteiger partial charge in [0, 0.05) is 13.5 Å². The second-order valence-electron chi connectivity index (χ2n) is 5.12. The summed E-state index contributed by atoms with van der Waals surface area (Å²) in [6.07, 6.45) is -0.482. The van der Waals surface area contributed by atoms with E-state index in [1.807, 2.05) is 24.3 Å². The van der Waals surface area contributed by atoms with Crippen LogP contribution in [-0.2, 0) is 20.3 Å². The molecule has 0 spiro atoms. The minimum absolute atomic E-state index is 0.305. The van der Waals surface area contributed by atoms with Crippen molar-refractivity contribution in [2.24, 2.45) is 0 Å². The predicted octanol–water partition coefficient (Wildman–Crippen LogP) is 3.28. The number of nitrogens with one attached hydrogen (secondary N) is 1. The van der Waals surface area contributed by atoms with Crippen LogP contribution in [0.4, 0.5) is 4.79 Å². The molecule has 0 saturated carbocycles. The lowest BCUT2D eigenvalue weighted by Gasteiger charge is -2.20. The average molecular weight is 297 g/mol. The number of amides is 1. The second-order valence-corrected chi connectivity index (χ2v) is 5.89. The van der Waals surface area contributed by atoms with E-state index in [9.17, 15) is 9.59 Å². The van der Waals surface area contributed by atoms with Gasteiger partial charge in [0.15, 0.2) is 0 Å². The molecule has 6 heteroatoms. The summed E-state index contributed by atoms with van der Waals surface area (Å²) in [5.74, 6) is -0.370. The molecular weight excluding hydrogens is 278 g/mol. The Balaban J connectivity index is 2.59. The molecule has 1 aromatic carbocycles. The fraction of sp³-hybridized carbons (Fsp3) is 0.429. The molecule has 110 valence electrons. The maximum atomic E-state index is 11.6. The zero-order chi connectivity index (χ0) is 15.2. The molecular formula is C14H19NO4S. The molecule has 20 heavy (non-hydrogen) atoms. The Labute approximate surface area is 123 Å². The van der Waals surface area contributed by atoms with Crippen molar-refractivity contribution in [3.05, 3.63) is 29.8 Å². The summed E-state index contributed by atoms with van der Waals surface area (Å²) in [7, 11) is 0. The smallest absolute Gasteiger partial charge is 0.407 e. The minimum Gasteiger partial charge on any atom is -0.444 e. The lowest BCUT2D eigenvalue weighted by molar-refractivity contribution is -0.130. The molecule has 5 nitrogen and oxygen atoms in total. The van der Waals surface area contributed by atoms with E-state index >= 15 is 0 Å². The van der Waals surface area contributed by atoms with Crippen molar-refractivity contribution in [3.8, 4) is 0 Å². The van der Waals surface area contributed by atoms with Crippen molar-refractivity contribution in [2.75, 3.05) is 0 Å². The number of alkyl carbamates (subject to hydrolysis) is 1. The van der Waals surface area contributed by atoms with Crippen LogP contribution in [0.2, 0.25) is 0 Å². The molecule has 0 aromatic heterocycles. The first-order valence-electron chi connectivity index (χ1n) is 6.18. The number of ether oxygens (including phenoxy) is 1. The summed E-state index contributed by atoms with van der Waals surface area (Å²) < 4.78 is 10.0. The van der Waals surface area contributed by atoms with Crippen LogP contribution < -0.4 is 5.32 Å². The monoisotopic (exact) mass is 297 g/mol. The Morgan fingerprint density at radius 2 is 1.90 bits per heavy atom. The van der Waals surface area contributed by atoms with Gasteiger partial charge in [-0.1, -0.05) is 18.2 Å². The van der Waals surface area contributed by atoms with Gasteiger partial charge >= 0.3 is 12.1 Å². The molecule has 0 aliphatic carbocycles. The van der Waals surface area contributed by atoms with Gasteiger partial charge in [0.05, 0.1) is 16.9 Å². The molecule has 1 N–H and O–H groups in total. The minimum atomic E-state index is -0.532. The average Bonchev–Trinajstić information content (AvgIpc) is 2.32. The highest BCUT2D eigenvalue weighted by Gasteiger charge is 2.16. The first-order chi connectivity index (χ1) is 9.28. The maximum Gasteiger partial charge on any atom is 0.407 e. The van der Waals surface area contributed by atoms with E-state index < -0.39 is 11.7 Å². The largest absolute Gasteiger partial charge is 0.444 e. The van der Waals surface area contributed by atoms with E-state index in [1.54, 1.807) is 20.8 Å². The van der Waals surface area contributed by atoms with Gasteiger partial charge in [-0.05, 0) is 32.4 Å². The molecule has 1 aromatic rings. The summed E-state index contributed by atoms with van der Waals surface area (Å²) in [6, 6.07) is 7.36. The molecule has 0 bridgehead atoms. The lowest BCUT2D eigenvalue weighted by atomic mass is 10.2. The van der Waals surface area contributed by atoms with Crippen molar-refractivity contribution in [1.29, 1.82) is 0 Å². The van der Waals surface area contributed by atoms with Gasteiger partial charge in [0.1, 0.15) is 5.60 Å². The van der Waals surface area contributed by atoms with Gasteiger partial charge in [0.25, 0.3) is 0 Å². The topological polar surface area (TPSA) is 64.6 Å². The number of carbonyl (C=O) groups excluding carboxylic acids is 2. The van der Waals surface area contributed by atoms with Gasteiger partial charge in [-0.3, -0.25) is 4.79 Å². The van der Waals surface area contributed by atoms with E-state index in [1.165, 1.54) is 6.92 Å². The van der Waals surface area contributed by atoms with Crippen LogP contribution in [0.25, 0.3) is 0 Å². The molecule has 0 saturated heterocycles. The molecule has 0 unspecified atom stereocenters. The Kier molecular flexibility index (Phi) is 5.88. The predicted molar refractivity (Wildman–Crippen MR) is 77.1 cm³/mol. The highest BCUT2D eigenvalue weighted by molar-refractivity contribution is 7.95. The van der Waals surface area contributed by atoms with Crippen LogP contribution in [0.15, 0.2) is 29.2 Å². The van der Waals surface area contributed by atoms with Crippen LogP contribution in [0.3, 0.4) is 0 Å². The molecule has 0 radical (unpaired) electrons. The summed E-state index contributed by atoms with van der Waals surface area (Å²) in [5, 5.41) is 2.67. The van der Waals surface area contributed by atoms with Crippen LogP contribution in [0, 0.1) is 0 Å². The van der Waals surface area contributed by atoms with Crippen molar-refractivity contribution in [3.63, 3.8) is 0 Å². The fourth-order valence-corrected chi connectivity index (χ4v) is 1.90. The number of benzene rings is 1. The molecule has 0 fully saturated rings. The molecule has 0 heterocycles. The summed E-state index contributed by atoms with van der Waals surface area (Å²) in [4.78, 5) is 23.2. The third-order valence-electron chi connectivity index (χ3n) is 2.04. The maximum absolute atomic E-state index is 11.6. The molecule has 1 rings (SSSR count). The first-order valence-corrected chi connectivity index (χ1v) is 6.92. The number of hydrogen-bond acceptors (Lipinski definition) is 5. The van der Waals surface area contributed by atoms with E-state index in [0.717, 1.165) is 22.5 Å². The number of rotatable bonds is 4. The van der Waals surface area contributed by atoms with E-state index in [-0.39, 0.29) is 5.97 Å². The third-order valence-corrected chi connectivity index (χ3v) is 2.94. The highest BCUT2D eigenvalue weighted by atomic mass is 32.2. The molecule has 0 aliphatic rings. The number of carbonyl (C=O) groups is 2. The van der Waals surface area contributed by atoms with Crippen LogP contribution in [-0.4, -0.2) is 17.7 Å². The third kappa shape index (κ3) is 6.47. The van der Waals surface area contributed by atoms with E-state index in [2.05, 4.69) is 5.32 Å². The lowest BCUT2D eigenvalue weighted by Crippen LogP contribution is -2.32. The van der Waals surface area contributed by atoms with Gasteiger partial charge in [-0.15, -0.1) is 0 Å². The van der Waals surface area contributed by atoms with Crippen LogP contribution in [0.1, 0.15) is 33.3 Å². The Hall–Kier alpha value is -1.69. The first kappa shape index (κ1) is 16.4. The Morgan fingerprint density at radius 3 is 2.50 bits per heavy atom. The summed E-state index contributed by atoms with van der Waals surface area (Å²) in [6.45, 7) is 7.05. The Bertz CT molecular complexity index is 482. The van der Waals surface area contributed by atoms with Gasteiger partial charge in [-0.2, -0.15) is 0 Å². The quantitative estimate of drug-likeness (QED) is 0.864. The fourth-order valence-electron chi connectivity index (χ4n) is 1.32. The normalized spacial score (nSPS) is 10.8. The highest BCUT2D eigenvalue weighted by Crippen LogP contribution is 2.23. The molecule has 0 aliphatic heterocycles. The number of hydrogen-bond donors (Lipinski definition) is 1. The zero-order valence-corrected chi connectivity index (χ0v) is 12.9. The van der Waals surface area contributed by atoms with Gasteiger partial charge < -0.3 is 14.2 Å². The molecule has 1 amide bonds. The van der Waals surface area contributed by atoms with Crippen molar-refractivity contribution in [1.82, 2.24) is 5.32 Å². The van der Waals surface area contributed by atoms with Crippen LogP contribution >= 0.6 is 12.0 Å². The standard InChI is InChI=1S/C14H19NO4S/c1-10(16)19-20-12-8-6-5-7-11(12)9-15-13(17)18-14(2,3)4/h5-8H,9H2,1-4H3,(H,15,17). The summed E-state index contributed by atoms with van der Waals surface area (Å²) >= 11 is 0.978. The summed E-state index contributed by atoms with van der Waals surface area (Å²) in [5.41, 5.74) is 0.320. The van der Waals surface area contributed by atoms with Crippen molar-refractivity contribution >= 4 is 24.1 Å². The van der Waals surface area contributed by atoms with Crippen LogP contribution in [0.5, 0.6) is 0 Å². The van der Waals surface area contributed by atoms with Crippen molar-refractivity contribution < 1.29 is 18.5 Å². The SMILES string of the molecule is CC(=O)OSc1ccccc1CNC(=O)OC(C)(C)C. The second kappa shape index (κ2) is 7.19. The van der Waals surface area contributed by atoms with E-state index in [0.29, 0.717) is 6.54 Å². The van der Waals surface area contributed by atoms with Gasteiger partial charge in [-0.25, -0.2) is 4.79 Å². The Morgan fingerprint density at radius 1 is 1.25 bits per heavy atom.